The van der Waals surface area contributed by atoms with Gasteiger partial charge in [0, 0.05) is 42.0 Å². The van der Waals surface area contributed by atoms with Gasteiger partial charge in [-0.15, -0.1) is 0 Å². The molecule has 9 nitrogen and oxygen atoms in total. The molecule has 5 rings (SSSR count). The summed E-state index contributed by atoms with van der Waals surface area (Å²) in [6.07, 6.45) is 3.05. The second-order valence-corrected chi connectivity index (χ2v) is 8.78. The minimum Gasteiger partial charge on any atom is -0.474 e. The molecule has 1 fully saturated rings. The van der Waals surface area contributed by atoms with Crippen molar-refractivity contribution in [3.8, 4) is 17.0 Å². The Bertz CT molecular complexity index is 1230. The monoisotopic (exact) mass is 468 g/mol. The Labute approximate surface area is 197 Å². The number of benzene rings is 1. The number of pyridine rings is 2. The summed E-state index contributed by atoms with van der Waals surface area (Å²) in [7, 11) is 2.18. The number of nitrogens with two attached hydrogens (primary N) is 1. The summed E-state index contributed by atoms with van der Waals surface area (Å²) in [5.41, 5.74) is 8.28. The van der Waals surface area contributed by atoms with E-state index in [1.54, 1.807) is 12.3 Å². The van der Waals surface area contributed by atoms with Crippen LogP contribution in [0.25, 0.3) is 21.9 Å². The molecule has 2 aliphatic rings. The Hall–Kier alpha value is -3.66. The fourth-order valence-corrected chi connectivity index (χ4v) is 4.32. The molecule has 10 heteroatoms. The maximum Gasteiger partial charge on any atom is 0.410 e. The van der Waals surface area contributed by atoms with Crippen molar-refractivity contribution in [1.82, 2.24) is 14.9 Å². The molecule has 3 aromatic rings. The second-order valence-electron chi connectivity index (χ2n) is 8.78. The lowest BCUT2D eigenvalue weighted by atomic mass is 9.97. The van der Waals surface area contributed by atoms with Crippen LogP contribution < -0.4 is 21.1 Å². The van der Waals surface area contributed by atoms with Crippen molar-refractivity contribution < 1.29 is 19.0 Å². The van der Waals surface area contributed by atoms with Gasteiger partial charge in [-0.05, 0) is 55.9 Å². The number of aromatic nitrogens is 2. The third-order valence-corrected chi connectivity index (χ3v) is 6.10. The van der Waals surface area contributed by atoms with Crippen molar-refractivity contribution in [2.24, 2.45) is 5.92 Å². The molecular weight excluding hydrogens is 439 g/mol. The van der Waals surface area contributed by atoms with Gasteiger partial charge < -0.3 is 25.8 Å². The van der Waals surface area contributed by atoms with E-state index in [0.717, 1.165) is 17.2 Å². The largest absolute Gasteiger partial charge is 0.474 e. The number of rotatable bonds is 2. The minimum absolute atomic E-state index is 0.0572. The summed E-state index contributed by atoms with van der Waals surface area (Å²) in [6, 6.07) is 3.11. The molecule has 1 unspecified atom stereocenters. The van der Waals surface area contributed by atoms with Gasteiger partial charge in [0.05, 0.1) is 5.69 Å². The highest BCUT2D eigenvalue weighted by atomic mass is 19.1. The van der Waals surface area contributed by atoms with Gasteiger partial charge in [-0.1, -0.05) is 6.92 Å². The second kappa shape index (κ2) is 9.68. The van der Waals surface area contributed by atoms with Gasteiger partial charge in [0.2, 0.25) is 5.88 Å². The van der Waals surface area contributed by atoms with E-state index in [1.807, 2.05) is 6.92 Å². The summed E-state index contributed by atoms with van der Waals surface area (Å²) in [4.78, 5) is 21.4. The number of amides is 1. The summed E-state index contributed by atoms with van der Waals surface area (Å²) in [6.45, 7) is 7.92. The summed E-state index contributed by atoms with van der Waals surface area (Å²) in [5.74, 6) is 0.978. The number of nitrogens with zero attached hydrogens (tertiary/aromatic N) is 3. The standard InChI is InChI=1S/C18H16FN5O3.C6H13N/c1-8-11(6-23-17-16(8)21-2-3-27-17)10-4-9-5-13(24-18(25)26)22-7-12(9)15(20)14(10)19;1-6-3-4-7(2)5-6/h4-7,21H,2-3,20H2,1H3,(H,22,24)(H,25,26);6H,3-5H2,1-2H3. The number of anilines is 3. The van der Waals surface area contributed by atoms with Crippen LogP contribution in [0.15, 0.2) is 24.5 Å². The van der Waals surface area contributed by atoms with Gasteiger partial charge in [0.1, 0.15) is 18.1 Å². The number of fused-ring (bicyclic) bond motifs is 2. The van der Waals surface area contributed by atoms with E-state index in [0.29, 0.717) is 35.4 Å². The van der Waals surface area contributed by atoms with Gasteiger partial charge in [-0.3, -0.25) is 5.32 Å². The van der Waals surface area contributed by atoms with Crippen LogP contribution in [-0.4, -0.2) is 59.4 Å². The zero-order chi connectivity index (χ0) is 24.4. The van der Waals surface area contributed by atoms with E-state index >= 15 is 0 Å². The van der Waals surface area contributed by atoms with Crippen LogP contribution in [-0.2, 0) is 0 Å². The van der Waals surface area contributed by atoms with Gasteiger partial charge in [0.15, 0.2) is 5.82 Å². The van der Waals surface area contributed by atoms with Crippen LogP contribution in [0.5, 0.6) is 5.88 Å². The fourth-order valence-electron chi connectivity index (χ4n) is 4.32. The highest BCUT2D eigenvalue weighted by Crippen LogP contribution is 2.39. The predicted octanol–water partition coefficient (Wildman–Crippen LogP) is 4.18. The summed E-state index contributed by atoms with van der Waals surface area (Å²) >= 11 is 0. The molecule has 0 bridgehead atoms. The Morgan fingerprint density at radius 1 is 1.32 bits per heavy atom. The van der Waals surface area contributed by atoms with Crippen LogP contribution in [0.3, 0.4) is 0 Å². The Balaban J connectivity index is 0.000000336. The number of carbonyl (C=O) groups is 1. The van der Waals surface area contributed by atoms with E-state index in [4.69, 9.17) is 15.6 Å². The molecular formula is C24H29FN6O3. The molecule has 1 aromatic carbocycles. The first-order valence-electron chi connectivity index (χ1n) is 11.2. The molecule has 4 heterocycles. The average molecular weight is 469 g/mol. The molecule has 1 amide bonds. The predicted molar refractivity (Wildman–Crippen MR) is 131 cm³/mol. The Morgan fingerprint density at radius 2 is 2.12 bits per heavy atom. The molecule has 2 aromatic heterocycles. The Morgan fingerprint density at radius 3 is 2.76 bits per heavy atom. The number of nitrogens with one attached hydrogen (secondary N) is 2. The first-order chi connectivity index (χ1) is 16.2. The van der Waals surface area contributed by atoms with Gasteiger partial charge >= 0.3 is 6.09 Å². The van der Waals surface area contributed by atoms with Crippen molar-refractivity contribution in [3.05, 3.63) is 35.9 Å². The van der Waals surface area contributed by atoms with Crippen molar-refractivity contribution >= 4 is 34.1 Å². The van der Waals surface area contributed by atoms with E-state index < -0.39 is 11.9 Å². The van der Waals surface area contributed by atoms with E-state index in [2.05, 4.69) is 39.5 Å². The first-order valence-corrected chi connectivity index (χ1v) is 11.2. The third kappa shape index (κ3) is 4.81. The molecule has 1 saturated heterocycles. The lowest BCUT2D eigenvalue weighted by molar-refractivity contribution is 0.209. The van der Waals surface area contributed by atoms with Crippen LogP contribution in [0, 0.1) is 18.7 Å². The minimum atomic E-state index is -1.24. The number of likely N-dealkylation sites (tertiary alicyclic amines) is 1. The molecule has 0 saturated carbocycles. The number of halogens is 1. The molecule has 0 aliphatic carbocycles. The topological polar surface area (TPSA) is 126 Å². The smallest absolute Gasteiger partial charge is 0.410 e. The van der Waals surface area contributed by atoms with Crippen molar-refractivity contribution in [2.75, 3.05) is 49.7 Å². The molecule has 0 spiro atoms. The van der Waals surface area contributed by atoms with Crippen molar-refractivity contribution in [2.45, 2.75) is 20.3 Å². The molecule has 34 heavy (non-hydrogen) atoms. The van der Waals surface area contributed by atoms with Crippen molar-refractivity contribution in [1.29, 1.82) is 0 Å². The molecule has 5 N–H and O–H groups in total. The SMILES string of the molecule is CC1CCN(C)C1.Cc1c(-c2cc3cc(NC(=O)O)ncc3c(N)c2F)cnc2c1NCCO2. The van der Waals surface area contributed by atoms with Crippen LogP contribution >= 0.6 is 0 Å². The number of nitrogen functional groups attached to an aromatic ring is 1. The number of hydrogen-bond acceptors (Lipinski definition) is 7. The van der Waals surface area contributed by atoms with Crippen LogP contribution in [0.1, 0.15) is 18.9 Å². The summed E-state index contributed by atoms with van der Waals surface area (Å²) < 4.78 is 20.5. The normalized spacial score (nSPS) is 17.2. The van der Waals surface area contributed by atoms with Crippen molar-refractivity contribution in [3.63, 3.8) is 0 Å². The molecule has 0 radical (unpaired) electrons. The average Bonchev–Trinajstić information content (AvgIpc) is 3.19. The molecule has 180 valence electrons. The van der Waals surface area contributed by atoms with Gasteiger partial charge in [-0.2, -0.15) is 0 Å². The Kier molecular flexibility index (Phi) is 6.69. The zero-order valence-electron chi connectivity index (χ0n) is 19.5. The van der Waals surface area contributed by atoms with E-state index in [-0.39, 0.29) is 17.1 Å². The fraction of sp³-hybridized carbons (Fsp3) is 0.375. The zero-order valence-corrected chi connectivity index (χ0v) is 19.5. The lowest BCUT2D eigenvalue weighted by Gasteiger charge is -2.22. The molecule has 1 atom stereocenters. The molecule has 2 aliphatic heterocycles. The highest BCUT2D eigenvalue weighted by molar-refractivity contribution is 5.99. The maximum absolute atomic E-state index is 15.0. The maximum atomic E-state index is 15.0. The van der Waals surface area contributed by atoms with Crippen LogP contribution in [0.4, 0.5) is 26.4 Å². The number of hydrogen-bond donors (Lipinski definition) is 4. The van der Waals surface area contributed by atoms with Crippen LogP contribution in [0.2, 0.25) is 0 Å². The summed E-state index contributed by atoms with van der Waals surface area (Å²) in [5, 5.41) is 15.2. The third-order valence-electron chi connectivity index (χ3n) is 6.10. The van der Waals surface area contributed by atoms with Gasteiger partial charge in [0.25, 0.3) is 0 Å². The van der Waals surface area contributed by atoms with Gasteiger partial charge in [-0.25, -0.2) is 19.2 Å². The van der Waals surface area contributed by atoms with E-state index in [9.17, 15) is 9.18 Å². The first kappa shape index (κ1) is 23.5. The number of ether oxygens (including phenoxy) is 1. The number of carboxylic acid groups (broad SMARTS) is 1. The highest BCUT2D eigenvalue weighted by Gasteiger charge is 2.21. The lowest BCUT2D eigenvalue weighted by Crippen LogP contribution is -2.20. The quantitative estimate of drug-likeness (QED) is 0.413. The van der Waals surface area contributed by atoms with E-state index in [1.165, 1.54) is 31.8 Å².